The fraction of sp³-hybridized carbons (Fsp3) is 0.167. The van der Waals surface area contributed by atoms with Gasteiger partial charge in [0.05, 0.1) is 20.0 Å². The van der Waals surface area contributed by atoms with E-state index in [4.69, 9.17) is 9.47 Å². The van der Waals surface area contributed by atoms with Gasteiger partial charge >= 0.3 is 0 Å². The first-order valence-corrected chi connectivity index (χ1v) is 8.75. The molecule has 2 aromatic carbocycles. The van der Waals surface area contributed by atoms with Gasteiger partial charge in [-0.15, -0.1) is 0 Å². The van der Waals surface area contributed by atoms with Crippen LogP contribution in [0.2, 0.25) is 0 Å². The second-order valence-corrected chi connectivity index (χ2v) is 6.96. The van der Waals surface area contributed by atoms with Gasteiger partial charge in [-0.3, -0.25) is 0 Å². The maximum Gasteiger partial charge on any atom is 0.192 e. The van der Waals surface area contributed by atoms with Gasteiger partial charge in [0.25, 0.3) is 0 Å². The van der Waals surface area contributed by atoms with Crippen molar-refractivity contribution in [2.75, 3.05) is 14.2 Å². The third-order valence-electron chi connectivity index (χ3n) is 3.37. The first-order chi connectivity index (χ1) is 11.5. The predicted molar refractivity (Wildman–Crippen MR) is 92.2 cm³/mol. The van der Waals surface area contributed by atoms with E-state index < -0.39 is 9.84 Å². The Labute approximate surface area is 141 Å². The molecule has 2 rings (SSSR count). The van der Waals surface area contributed by atoms with Crippen LogP contribution in [0.4, 0.5) is 0 Å². The summed E-state index contributed by atoms with van der Waals surface area (Å²) in [7, 11) is -0.646. The molecule has 0 aliphatic heterocycles. The molecule has 2 aromatic rings. The summed E-state index contributed by atoms with van der Waals surface area (Å²) >= 11 is 0. The van der Waals surface area contributed by atoms with Crippen molar-refractivity contribution in [2.45, 2.75) is 5.75 Å². The quantitative estimate of drug-likeness (QED) is 0.753. The van der Waals surface area contributed by atoms with E-state index in [1.807, 2.05) is 0 Å². The van der Waals surface area contributed by atoms with E-state index in [9.17, 15) is 13.7 Å². The van der Waals surface area contributed by atoms with E-state index in [0.717, 1.165) is 0 Å². The second-order valence-electron chi connectivity index (χ2n) is 5.00. The summed E-state index contributed by atoms with van der Waals surface area (Å²) in [5, 5.41) is 9.24. The van der Waals surface area contributed by atoms with E-state index in [1.54, 1.807) is 61.7 Å². The predicted octanol–water partition coefficient (Wildman–Crippen LogP) is 3.18. The lowest BCUT2D eigenvalue weighted by Gasteiger charge is -2.05. The molecule has 0 bridgehead atoms. The number of sulfone groups is 1. The van der Waals surface area contributed by atoms with Crippen molar-refractivity contribution in [2.24, 2.45) is 0 Å². The molecule has 0 saturated heterocycles. The topological polar surface area (TPSA) is 76.4 Å². The molecule has 0 unspecified atom stereocenters. The zero-order chi connectivity index (χ0) is 17.6. The zero-order valence-electron chi connectivity index (χ0n) is 13.4. The second kappa shape index (κ2) is 7.66. The van der Waals surface area contributed by atoms with Crippen molar-refractivity contribution in [3.63, 3.8) is 0 Å². The summed E-state index contributed by atoms with van der Waals surface area (Å²) < 4.78 is 35.0. The Bertz CT molecular complexity index is 861. The van der Waals surface area contributed by atoms with Crippen LogP contribution in [0, 0.1) is 11.3 Å². The van der Waals surface area contributed by atoms with E-state index in [2.05, 4.69) is 0 Å². The van der Waals surface area contributed by atoms with Crippen molar-refractivity contribution >= 4 is 15.9 Å². The number of hydrogen-bond acceptors (Lipinski definition) is 5. The molecule has 0 spiro atoms. The molecule has 0 atom stereocenters. The monoisotopic (exact) mass is 343 g/mol. The van der Waals surface area contributed by atoms with Crippen LogP contribution in [0.3, 0.4) is 0 Å². The molecule has 0 saturated carbocycles. The van der Waals surface area contributed by atoms with Crippen molar-refractivity contribution in [1.82, 2.24) is 0 Å². The van der Waals surface area contributed by atoms with Gasteiger partial charge in [-0.25, -0.2) is 8.42 Å². The van der Waals surface area contributed by atoms with Gasteiger partial charge in [-0.05, 0) is 41.5 Å². The number of benzene rings is 2. The molecule has 124 valence electrons. The molecule has 0 N–H and O–H groups in total. The summed E-state index contributed by atoms with van der Waals surface area (Å²) in [4.78, 5) is -0.275. The Morgan fingerprint density at radius 3 is 1.96 bits per heavy atom. The van der Waals surface area contributed by atoms with Crippen molar-refractivity contribution < 1.29 is 17.9 Å². The standard InChI is InChI=1S/C18H17NO4S/c1-22-16-7-3-14(4-8-16)11-18(12-19)24(20,21)13-15-5-9-17(23-2)10-6-15/h3-11H,13H2,1-2H3/b18-11+. The van der Waals surface area contributed by atoms with Gasteiger partial charge in [-0.1, -0.05) is 24.3 Å². The van der Waals surface area contributed by atoms with E-state index >= 15 is 0 Å². The lowest BCUT2D eigenvalue weighted by molar-refractivity contribution is 0.414. The Morgan fingerprint density at radius 2 is 1.50 bits per heavy atom. The van der Waals surface area contributed by atoms with Gasteiger partial charge in [0, 0.05) is 0 Å². The van der Waals surface area contributed by atoms with E-state index in [0.29, 0.717) is 22.6 Å². The molecule has 0 aliphatic carbocycles. The number of rotatable bonds is 6. The van der Waals surface area contributed by atoms with Crippen LogP contribution in [-0.4, -0.2) is 22.6 Å². The molecule has 5 nitrogen and oxygen atoms in total. The summed E-state index contributed by atoms with van der Waals surface area (Å²) in [6.45, 7) is 0. The van der Waals surface area contributed by atoms with Crippen molar-refractivity contribution in [3.8, 4) is 17.6 Å². The normalized spacial score (nSPS) is 11.6. The van der Waals surface area contributed by atoms with Crippen LogP contribution in [0.5, 0.6) is 11.5 Å². The Morgan fingerprint density at radius 1 is 1.00 bits per heavy atom. The first kappa shape index (κ1) is 17.6. The number of methoxy groups -OCH3 is 2. The molecule has 6 heteroatoms. The first-order valence-electron chi connectivity index (χ1n) is 7.10. The molecule has 24 heavy (non-hydrogen) atoms. The molecule has 0 amide bonds. The van der Waals surface area contributed by atoms with Crippen molar-refractivity contribution in [1.29, 1.82) is 5.26 Å². The molecular weight excluding hydrogens is 326 g/mol. The maximum atomic E-state index is 12.5. The Hall–Kier alpha value is -2.78. The van der Waals surface area contributed by atoms with Crippen molar-refractivity contribution in [3.05, 3.63) is 64.6 Å². The smallest absolute Gasteiger partial charge is 0.192 e. The number of ether oxygens (including phenoxy) is 2. The number of nitriles is 1. The van der Waals surface area contributed by atoms with Gasteiger partial charge in [-0.2, -0.15) is 5.26 Å². The van der Waals surface area contributed by atoms with Gasteiger partial charge in [0.1, 0.15) is 22.5 Å². The van der Waals surface area contributed by atoms with Crippen LogP contribution >= 0.6 is 0 Å². The van der Waals surface area contributed by atoms with Crippen LogP contribution in [0.15, 0.2) is 53.4 Å². The SMILES string of the molecule is COc1ccc(/C=C(\C#N)S(=O)(=O)Cc2ccc(OC)cc2)cc1. The number of nitrogens with zero attached hydrogens (tertiary/aromatic N) is 1. The average molecular weight is 343 g/mol. The van der Waals surface area contributed by atoms with Crippen LogP contribution in [-0.2, 0) is 15.6 Å². The van der Waals surface area contributed by atoms with Crippen LogP contribution in [0.1, 0.15) is 11.1 Å². The third-order valence-corrected chi connectivity index (χ3v) is 4.97. The van der Waals surface area contributed by atoms with Gasteiger partial charge < -0.3 is 9.47 Å². The highest BCUT2D eigenvalue weighted by Gasteiger charge is 2.18. The maximum absolute atomic E-state index is 12.5. The average Bonchev–Trinajstić information content (AvgIpc) is 2.60. The Kier molecular flexibility index (Phi) is 5.61. The summed E-state index contributed by atoms with van der Waals surface area (Å²) in [6.07, 6.45) is 1.36. The third kappa shape index (κ3) is 4.37. The van der Waals surface area contributed by atoms with Crippen LogP contribution in [0.25, 0.3) is 6.08 Å². The van der Waals surface area contributed by atoms with E-state index in [-0.39, 0.29) is 10.7 Å². The largest absolute Gasteiger partial charge is 0.497 e. The zero-order valence-corrected chi connectivity index (χ0v) is 14.2. The highest BCUT2D eigenvalue weighted by molar-refractivity contribution is 7.95. The summed E-state index contributed by atoms with van der Waals surface area (Å²) in [5.41, 5.74) is 1.21. The Balaban J connectivity index is 2.26. The number of hydrogen-bond donors (Lipinski definition) is 0. The van der Waals surface area contributed by atoms with Gasteiger partial charge in [0.2, 0.25) is 0 Å². The highest BCUT2D eigenvalue weighted by Crippen LogP contribution is 2.20. The molecule has 0 heterocycles. The lowest BCUT2D eigenvalue weighted by Crippen LogP contribution is -2.06. The molecule has 0 aromatic heterocycles. The molecule has 0 aliphatic rings. The summed E-state index contributed by atoms with van der Waals surface area (Å²) in [6, 6.07) is 15.3. The minimum Gasteiger partial charge on any atom is -0.497 e. The molecule has 0 fully saturated rings. The minimum absolute atomic E-state index is 0.244. The van der Waals surface area contributed by atoms with E-state index in [1.165, 1.54) is 13.2 Å². The fourth-order valence-corrected chi connectivity index (χ4v) is 3.30. The lowest BCUT2D eigenvalue weighted by atomic mass is 10.2. The number of allylic oxidation sites excluding steroid dienone is 1. The fourth-order valence-electron chi connectivity index (χ4n) is 2.06. The minimum atomic E-state index is -3.73. The van der Waals surface area contributed by atoms with Gasteiger partial charge in [0.15, 0.2) is 9.84 Å². The highest BCUT2D eigenvalue weighted by atomic mass is 32.2. The molecular formula is C18H17NO4S. The summed E-state index contributed by atoms with van der Waals surface area (Å²) in [5.74, 6) is 1.06. The van der Waals surface area contributed by atoms with Crippen LogP contribution < -0.4 is 9.47 Å². The molecule has 0 radical (unpaired) electrons.